The van der Waals surface area contributed by atoms with Crippen LogP contribution in [0.3, 0.4) is 0 Å². The molecule has 0 spiro atoms. The quantitative estimate of drug-likeness (QED) is 0.423. The number of alkyl halides is 2. The summed E-state index contributed by atoms with van der Waals surface area (Å²) in [6.07, 6.45) is 0. The van der Waals surface area contributed by atoms with Gasteiger partial charge in [-0.3, -0.25) is 15.6 Å². The van der Waals surface area contributed by atoms with Gasteiger partial charge in [0.25, 0.3) is 5.91 Å². The zero-order valence-electron chi connectivity index (χ0n) is 14.3. The van der Waals surface area contributed by atoms with Crippen molar-refractivity contribution in [1.29, 1.82) is 0 Å². The second kappa shape index (κ2) is 10.1. The molecule has 144 valence electrons. The van der Waals surface area contributed by atoms with Gasteiger partial charge in [-0.2, -0.15) is 8.78 Å². The maximum Gasteiger partial charge on any atom is 0.387 e. The molecule has 0 aromatic heterocycles. The molecule has 0 aliphatic heterocycles. The van der Waals surface area contributed by atoms with Gasteiger partial charge in [-0.25, -0.2) is 0 Å². The summed E-state index contributed by atoms with van der Waals surface area (Å²) in [6, 6.07) is 13.0. The van der Waals surface area contributed by atoms with E-state index in [4.69, 9.17) is 17.0 Å². The van der Waals surface area contributed by atoms with E-state index in [1.165, 1.54) is 24.3 Å². The van der Waals surface area contributed by atoms with Crippen molar-refractivity contribution < 1.29 is 23.0 Å². The number of hydrogen-bond acceptors (Lipinski definition) is 5. The highest BCUT2D eigenvalue weighted by Gasteiger charge is 2.06. The number of hydrazine groups is 1. The molecule has 7 nitrogen and oxygen atoms in total. The molecule has 4 N–H and O–H groups in total. The minimum absolute atomic E-state index is 0.00431. The fraction of sp³-hybridized carbons (Fsp3) is 0.176. The summed E-state index contributed by atoms with van der Waals surface area (Å²) in [5.74, 6) is 0.297. The largest absolute Gasteiger partial charge is 0.495 e. The lowest BCUT2D eigenvalue weighted by atomic mass is 10.3. The molecule has 0 heterocycles. The number of nitrogens with one attached hydrogen (secondary N) is 4. The van der Waals surface area contributed by atoms with Crippen LogP contribution in [-0.2, 0) is 4.79 Å². The van der Waals surface area contributed by atoms with Crippen molar-refractivity contribution in [2.45, 2.75) is 6.61 Å². The van der Waals surface area contributed by atoms with Gasteiger partial charge < -0.3 is 20.1 Å². The second-order valence-corrected chi connectivity index (χ2v) is 5.49. The lowest BCUT2D eigenvalue weighted by Crippen LogP contribution is -2.45. The standard InChI is InChI=1S/C17H18F2N4O3S/c1-25-14-5-3-2-4-13(14)20-10-15(24)22-23-17(27)21-11-6-8-12(9-7-11)26-16(18)19/h2-9,16,20H,10H2,1H3,(H,22,24)(H2,21,23,27). The molecule has 0 atom stereocenters. The van der Waals surface area contributed by atoms with Crippen LogP contribution in [0.25, 0.3) is 0 Å². The monoisotopic (exact) mass is 396 g/mol. The Morgan fingerprint density at radius 3 is 2.48 bits per heavy atom. The van der Waals surface area contributed by atoms with Gasteiger partial charge in [0.05, 0.1) is 19.3 Å². The van der Waals surface area contributed by atoms with E-state index in [1.54, 1.807) is 19.2 Å². The molecule has 0 saturated heterocycles. The van der Waals surface area contributed by atoms with E-state index >= 15 is 0 Å². The van der Waals surface area contributed by atoms with Crippen LogP contribution < -0.4 is 31.0 Å². The molecule has 0 unspecified atom stereocenters. The van der Waals surface area contributed by atoms with Crippen LogP contribution in [0.5, 0.6) is 11.5 Å². The Morgan fingerprint density at radius 1 is 1.11 bits per heavy atom. The third-order valence-electron chi connectivity index (χ3n) is 3.20. The Labute approximate surface area is 160 Å². The van der Waals surface area contributed by atoms with Crippen molar-refractivity contribution in [3.8, 4) is 11.5 Å². The molecule has 2 aromatic carbocycles. The Kier molecular flexibility index (Phi) is 7.56. The van der Waals surface area contributed by atoms with Gasteiger partial charge in [-0.1, -0.05) is 12.1 Å². The topological polar surface area (TPSA) is 83.7 Å². The summed E-state index contributed by atoms with van der Waals surface area (Å²) in [6.45, 7) is -2.89. The molecule has 27 heavy (non-hydrogen) atoms. The number of anilines is 2. The van der Waals surface area contributed by atoms with Gasteiger partial charge in [0, 0.05) is 5.69 Å². The van der Waals surface area contributed by atoms with E-state index < -0.39 is 6.61 Å². The van der Waals surface area contributed by atoms with Gasteiger partial charge in [0.15, 0.2) is 5.11 Å². The molecule has 0 aliphatic carbocycles. The molecule has 2 rings (SSSR count). The number of benzene rings is 2. The summed E-state index contributed by atoms with van der Waals surface area (Å²) >= 11 is 5.05. The number of amides is 1. The highest BCUT2D eigenvalue weighted by Crippen LogP contribution is 2.22. The lowest BCUT2D eigenvalue weighted by molar-refractivity contribution is -0.119. The number of thiocarbonyl (C=S) groups is 1. The summed E-state index contributed by atoms with van der Waals surface area (Å²) < 4.78 is 33.6. The SMILES string of the molecule is COc1ccccc1NCC(=O)NNC(=S)Nc1ccc(OC(F)F)cc1. The Morgan fingerprint density at radius 2 is 1.81 bits per heavy atom. The molecule has 2 aromatic rings. The number of ether oxygens (including phenoxy) is 2. The number of carbonyl (C=O) groups excluding carboxylic acids is 1. The number of para-hydroxylation sites is 2. The fourth-order valence-corrected chi connectivity index (χ4v) is 2.19. The smallest absolute Gasteiger partial charge is 0.387 e. The van der Waals surface area contributed by atoms with Gasteiger partial charge in [0.1, 0.15) is 11.5 Å². The first kappa shape index (κ1) is 20.2. The third kappa shape index (κ3) is 6.94. The molecule has 0 fully saturated rings. The van der Waals surface area contributed by atoms with E-state index in [0.717, 1.165) is 0 Å². The van der Waals surface area contributed by atoms with E-state index in [0.29, 0.717) is 17.1 Å². The van der Waals surface area contributed by atoms with E-state index in [-0.39, 0.29) is 23.3 Å². The number of rotatable bonds is 7. The van der Waals surface area contributed by atoms with Crippen LogP contribution in [-0.4, -0.2) is 31.3 Å². The van der Waals surface area contributed by atoms with Crippen LogP contribution in [0, 0.1) is 0 Å². The maximum absolute atomic E-state index is 12.1. The molecule has 0 bridgehead atoms. The Hall–Kier alpha value is -3.14. The van der Waals surface area contributed by atoms with Crippen molar-refractivity contribution in [2.75, 3.05) is 24.3 Å². The van der Waals surface area contributed by atoms with Gasteiger partial charge >= 0.3 is 6.61 Å². The predicted octanol–water partition coefficient (Wildman–Crippen LogP) is 2.73. The van der Waals surface area contributed by atoms with Gasteiger partial charge in [-0.05, 0) is 48.6 Å². The van der Waals surface area contributed by atoms with Crippen LogP contribution >= 0.6 is 12.2 Å². The summed E-state index contributed by atoms with van der Waals surface area (Å²) in [5.41, 5.74) is 6.19. The van der Waals surface area contributed by atoms with E-state index in [1.807, 2.05) is 12.1 Å². The maximum atomic E-state index is 12.1. The molecule has 1 amide bonds. The number of halogens is 2. The van der Waals surface area contributed by atoms with Crippen molar-refractivity contribution in [3.63, 3.8) is 0 Å². The molecule has 0 aliphatic rings. The minimum atomic E-state index is -2.88. The molecule has 10 heteroatoms. The average molecular weight is 396 g/mol. The lowest BCUT2D eigenvalue weighted by Gasteiger charge is -2.13. The van der Waals surface area contributed by atoms with Crippen molar-refractivity contribution in [2.24, 2.45) is 0 Å². The first-order valence-electron chi connectivity index (χ1n) is 7.75. The van der Waals surface area contributed by atoms with Crippen LogP contribution in [0.4, 0.5) is 20.2 Å². The summed E-state index contributed by atoms with van der Waals surface area (Å²) in [4.78, 5) is 11.9. The summed E-state index contributed by atoms with van der Waals surface area (Å²) in [7, 11) is 1.54. The van der Waals surface area contributed by atoms with Crippen LogP contribution in [0.2, 0.25) is 0 Å². The first-order valence-corrected chi connectivity index (χ1v) is 8.16. The van der Waals surface area contributed by atoms with Crippen molar-refractivity contribution in [1.82, 2.24) is 10.9 Å². The average Bonchev–Trinajstić information content (AvgIpc) is 2.66. The Bertz CT molecular complexity index is 775. The highest BCUT2D eigenvalue weighted by atomic mass is 32.1. The van der Waals surface area contributed by atoms with E-state index in [2.05, 4.69) is 26.2 Å². The zero-order chi connectivity index (χ0) is 19.6. The molecule has 0 saturated carbocycles. The first-order chi connectivity index (χ1) is 13.0. The van der Waals surface area contributed by atoms with Crippen molar-refractivity contribution >= 4 is 34.6 Å². The highest BCUT2D eigenvalue weighted by molar-refractivity contribution is 7.80. The fourth-order valence-electron chi connectivity index (χ4n) is 2.02. The van der Waals surface area contributed by atoms with Crippen LogP contribution in [0.15, 0.2) is 48.5 Å². The zero-order valence-corrected chi connectivity index (χ0v) is 15.1. The molecule has 0 radical (unpaired) electrons. The Balaban J connectivity index is 1.74. The molecular weight excluding hydrogens is 378 g/mol. The number of carbonyl (C=O) groups is 1. The van der Waals surface area contributed by atoms with E-state index in [9.17, 15) is 13.6 Å². The normalized spacial score (nSPS) is 10.1. The number of hydrogen-bond donors (Lipinski definition) is 4. The third-order valence-corrected chi connectivity index (χ3v) is 3.40. The summed E-state index contributed by atoms with van der Waals surface area (Å²) in [5, 5.41) is 5.86. The van der Waals surface area contributed by atoms with Gasteiger partial charge in [-0.15, -0.1) is 0 Å². The minimum Gasteiger partial charge on any atom is -0.495 e. The molecular formula is C17H18F2N4O3S. The predicted molar refractivity (Wildman–Crippen MR) is 102 cm³/mol. The number of methoxy groups -OCH3 is 1. The second-order valence-electron chi connectivity index (χ2n) is 5.08. The van der Waals surface area contributed by atoms with Crippen molar-refractivity contribution in [3.05, 3.63) is 48.5 Å². The van der Waals surface area contributed by atoms with Crippen LogP contribution in [0.1, 0.15) is 0 Å². The van der Waals surface area contributed by atoms with Gasteiger partial charge in [0.2, 0.25) is 0 Å².